The molecule has 4 aromatic carbocycles. The number of allylic oxidation sites excluding steroid dienone is 2. The standard InChI is InChI=1S/C28H24N2/c1-2-3-12-23-13-10-11-18-28(23)30(26-16-8-5-9-17-26)27-21-19-25(20-22-27)29-24-14-6-4-7-15-24/h2-22,29H,1H2/b12-3-. The van der Waals surface area contributed by atoms with Crippen molar-refractivity contribution in [3.8, 4) is 0 Å². The number of benzene rings is 4. The Hall–Kier alpha value is -4.04. The average Bonchev–Trinajstić information content (AvgIpc) is 2.81. The van der Waals surface area contributed by atoms with Crippen LogP contribution in [0.15, 0.2) is 128 Å². The second-order valence-corrected chi connectivity index (χ2v) is 6.86. The summed E-state index contributed by atoms with van der Waals surface area (Å²) in [4.78, 5) is 2.27. The molecule has 2 nitrogen and oxygen atoms in total. The predicted molar refractivity (Wildman–Crippen MR) is 130 cm³/mol. The minimum absolute atomic E-state index is 1.05. The molecule has 2 heteroatoms. The number of hydrogen-bond acceptors (Lipinski definition) is 2. The molecule has 0 amide bonds. The molecule has 1 N–H and O–H groups in total. The van der Waals surface area contributed by atoms with Gasteiger partial charge < -0.3 is 10.2 Å². The Bertz CT molecular complexity index is 1110. The van der Waals surface area contributed by atoms with Crippen LogP contribution in [0, 0.1) is 0 Å². The van der Waals surface area contributed by atoms with Crippen LogP contribution in [0.25, 0.3) is 6.08 Å². The molecule has 4 rings (SSSR count). The molecule has 0 atom stereocenters. The van der Waals surface area contributed by atoms with Gasteiger partial charge in [-0.15, -0.1) is 0 Å². The van der Waals surface area contributed by atoms with E-state index in [1.54, 1.807) is 6.08 Å². The quantitative estimate of drug-likeness (QED) is 0.322. The van der Waals surface area contributed by atoms with Gasteiger partial charge in [0.05, 0.1) is 5.69 Å². The van der Waals surface area contributed by atoms with Gasteiger partial charge in [0.25, 0.3) is 0 Å². The largest absolute Gasteiger partial charge is 0.356 e. The first-order valence-electron chi connectivity index (χ1n) is 10.0. The highest BCUT2D eigenvalue weighted by atomic mass is 15.1. The second-order valence-electron chi connectivity index (χ2n) is 6.86. The maximum Gasteiger partial charge on any atom is 0.0533 e. The van der Waals surface area contributed by atoms with E-state index in [2.05, 4.69) is 108 Å². The van der Waals surface area contributed by atoms with Crippen LogP contribution in [-0.2, 0) is 0 Å². The van der Waals surface area contributed by atoms with E-state index in [0.29, 0.717) is 0 Å². The third-order valence-corrected chi connectivity index (χ3v) is 4.79. The molecule has 0 unspecified atom stereocenters. The van der Waals surface area contributed by atoms with Gasteiger partial charge in [0.1, 0.15) is 0 Å². The summed E-state index contributed by atoms with van der Waals surface area (Å²) >= 11 is 0. The van der Waals surface area contributed by atoms with Crippen molar-refractivity contribution in [1.82, 2.24) is 0 Å². The number of nitrogens with zero attached hydrogens (tertiary/aromatic N) is 1. The van der Waals surface area contributed by atoms with Gasteiger partial charge in [0.2, 0.25) is 0 Å². The Morgan fingerprint density at radius 1 is 0.600 bits per heavy atom. The van der Waals surface area contributed by atoms with Crippen molar-refractivity contribution < 1.29 is 0 Å². The number of hydrogen-bond donors (Lipinski definition) is 1. The van der Waals surface area contributed by atoms with Crippen molar-refractivity contribution in [2.24, 2.45) is 0 Å². The number of nitrogens with one attached hydrogen (secondary N) is 1. The molecule has 4 aromatic rings. The molecule has 0 aliphatic rings. The number of anilines is 5. The normalized spacial score (nSPS) is 10.7. The van der Waals surface area contributed by atoms with Gasteiger partial charge in [-0.3, -0.25) is 0 Å². The molecule has 0 aliphatic carbocycles. The van der Waals surface area contributed by atoms with Crippen molar-refractivity contribution in [1.29, 1.82) is 0 Å². The van der Waals surface area contributed by atoms with Crippen LogP contribution < -0.4 is 10.2 Å². The van der Waals surface area contributed by atoms with Gasteiger partial charge in [0, 0.05) is 22.7 Å². The van der Waals surface area contributed by atoms with E-state index in [0.717, 1.165) is 34.0 Å². The van der Waals surface area contributed by atoms with E-state index in [1.807, 2.05) is 30.3 Å². The third kappa shape index (κ3) is 4.50. The molecule has 0 saturated carbocycles. The minimum atomic E-state index is 1.05. The molecule has 0 spiro atoms. The summed E-state index contributed by atoms with van der Waals surface area (Å²) < 4.78 is 0. The molecule has 0 saturated heterocycles. The lowest BCUT2D eigenvalue weighted by atomic mass is 10.1. The van der Waals surface area contributed by atoms with Gasteiger partial charge in [0.15, 0.2) is 0 Å². The lowest BCUT2D eigenvalue weighted by Crippen LogP contribution is -2.11. The lowest BCUT2D eigenvalue weighted by Gasteiger charge is -2.27. The summed E-state index contributed by atoms with van der Waals surface area (Å²) in [6.45, 7) is 3.80. The van der Waals surface area contributed by atoms with E-state index < -0.39 is 0 Å². The van der Waals surface area contributed by atoms with Crippen LogP contribution in [0.5, 0.6) is 0 Å². The lowest BCUT2D eigenvalue weighted by molar-refractivity contribution is 1.28. The molecule has 0 aliphatic heterocycles. The Labute approximate surface area is 178 Å². The molecule has 146 valence electrons. The van der Waals surface area contributed by atoms with Crippen molar-refractivity contribution in [3.05, 3.63) is 133 Å². The topological polar surface area (TPSA) is 15.3 Å². The highest BCUT2D eigenvalue weighted by molar-refractivity contribution is 5.83. The van der Waals surface area contributed by atoms with Crippen molar-refractivity contribution in [2.75, 3.05) is 10.2 Å². The van der Waals surface area contributed by atoms with Crippen LogP contribution in [0.2, 0.25) is 0 Å². The first-order chi connectivity index (χ1) is 14.8. The van der Waals surface area contributed by atoms with E-state index in [4.69, 9.17) is 0 Å². The van der Waals surface area contributed by atoms with Crippen LogP contribution in [-0.4, -0.2) is 0 Å². The number of para-hydroxylation sites is 3. The van der Waals surface area contributed by atoms with Crippen LogP contribution in [0.3, 0.4) is 0 Å². The molecule has 30 heavy (non-hydrogen) atoms. The SMILES string of the molecule is C=C/C=C\c1ccccc1N(c1ccccc1)c1ccc(Nc2ccccc2)cc1. The molecule has 0 heterocycles. The monoisotopic (exact) mass is 388 g/mol. The Balaban J connectivity index is 1.73. The fourth-order valence-electron chi connectivity index (χ4n) is 3.39. The highest BCUT2D eigenvalue weighted by Gasteiger charge is 2.14. The maximum atomic E-state index is 3.80. The average molecular weight is 389 g/mol. The van der Waals surface area contributed by atoms with Crippen LogP contribution >= 0.6 is 0 Å². The molecular formula is C28H24N2. The third-order valence-electron chi connectivity index (χ3n) is 4.79. The smallest absolute Gasteiger partial charge is 0.0533 e. The predicted octanol–water partition coefficient (Wildman–Crippen LogP) is 8.10. The van der Waals surface area contributed by atoms with Crippen molar-refractivity contribution >= 4 is 34.5 Å². The van der Waals surface area contributed by atoms with Gasteiger partial charge >= 0.3 is 0 Å². The highest BCUT2D eigenvalue weighted by Crippen LogP contribution is 2.37. The van der Waals surface area contributed by atoms with Crippen molar-refractivity contribution in [3.63, 3.8) is 0 Å². The fourth-order valence-corrected chi connectivity index (χ4v) is 3.39. The maximum absolute atomic E-state index is 3.80. The zero-order valence-electron chi connectivity index (χ0n) is 16.8. The summed E-state index contributed by atoms with van der Waals surface area (Å²) in [5, 5.41) is 3.45. The molecule has 0 fully saturated rings. The van der Waals surface area contributed by atoms with Gasteiger partial charge in [-0.05, 0) is 60.2 Å². The second kappa shape index (κ2) is 9.44. The van der Waals surface area contributed by atoms with Gasteiger partial charge in [-0.1, -0.05) is 79.4 Å². The van der Waals surface area contributed by atoms with E-state index in [9.17, 15) is 0 Å². The summed E-state index contributed by atoms with van der Waals surface area (Å²) in [6.07, 6.45) is 5.85. The van der Waals surface area contributed by atoms with Gasteiger partial charge in [-0.2, -0.15) is 0 Å². The van der Waals surface area contributed by atoms with Gasteiger partial charge in [-0.25, -0.2) is 0 Å². The molecule has 0 aromatic heterocycles. The van der Waals surface area contributed by atoms with Crippen LogP contribution in [0.4, 0.5) is 28.4 Å². The summed E-state index contributed by atoms with van der Waals surface area (Å²) in [5.74, 6) is 0. The summed E-state index contributed by atoms with van der Waals surface area (Å²) in [7, 11) is 0. The van der Waals surface area contributed by atoms with E-state index >= 15 is 0 Å². The molecule has 0 radical (unpaired) electrons. The Morgan fingerprint density at radius 2 is 1.17 bits per heavy atom. The van der Waals surface area contributed by atoms with E-state index in [-0.39, 0.29) is 0 Å². The van der Waals surface area contributed by atoms with E-state index in [1.165, 1.54) is 0 Å². The zero-order valence-corrected chi connectivity index (χ0v) is 16.8. The zero-order chi connectivity index (χ0) is 20.6. The minimum Gasteiger partial charge on any atom is -0.356 e. The number of rotatable bonds is 7. The van der Waals surface area contributed by atoms with Crippen LogP contribution in [0.1, 0.15) is 5.56 Å². The fraction of sp³-hybridized carbons (Fsp3) is 0. The summed E-state index contributed by atoms with van der Waals surface area (Å²) in [6, 6.07) is 37.5. The molecular weight excluding hydrogens is 364 g/mol. The first kappa shape index (κ1) is 19.3. The first-order valence-corrected chi connectivity index (χ1v) is 10.0. The molecule has 0 bridgehead atoms. The Kier molecular flexibility index (Phi) is 6.07. The Morgan fingerprint density at radius 3 is 1.87 bits per heavy atom. The van der Waals surface area contributed by atoms with Crippen molar-refractivity contribution in [2.45, 2.75) is 0 Å². The summed E-state index contributed by atoms with van der Waals surface area (Å²) in [5.41, 5.74) is 6.58.